The Morgan fingerprint density at radius 3 is 2.78 bits per heavy atom. The third-order valence-corrected chi connectivity index (χ3v) is 3.41. The number of hydrogen-bond acceptors (Lipinski definition) is 3. The molecule has 4 nitrogen and oxygen atoms in total. The van der Waals surface area contributed by atoms with Crippen LogP contribution in [-0.4, -0.2) is 17.6 Å². The second-order valence-electron chi connectivity index (χ2n) is 4.35. The van der Waals surface area contributed by atoms with Crippen LogP contribution in [0.4, 0.5) is 5.69 Å². The van der Waals surface area contributed by atoms with Crippen LogP contribution in [0, 0.1) is 16.7 Å². The van der Waals surface area contributed by atoms with Crippen molar-refractivity contribution in [2.75, 3.05) is 11.9 Å². The lowest BCUT2D eigenvalue weighted by Crippen LogP contribution is -2.34. The maximum atomic E-state index is 11.2. The lowest BCUT2D eigenvalue weighted by atomic mass is 9.87. The van der Waals surface area contributed by atoms with E-state index in [2.05, 4.69) is 5.32 Å². The highest BCUT2D eigenvalue weighted by Gasteiger charge is 2.31. The molecule has 1 aromatic carbocycles. The Kier molecular flexibility index (Phi) is 4.57. The van der Waals surface area contributed by atoms with E-state index in [0.29, 0.717) is 22.7 Å². The number of nitrogens with one attached hydrogen (secondary N) is 1. The highest BCUT2D eigenvalue weighted by atomic mass is 35.5. The van der Waals surface area contributed by atoms with Crippen molar-refractivity contribution in [3.05, 3.63) is 28.8 Å². The van der Waals surface area contributed by atoms with Crippen molar-refractivity contribution >= 4 is 23.3 Å². The van der Waals surface area contributed by atoms with Crippen molar-refractivity contribution in [2.24, 2.45) is 5.41 Å². The van der Waals surface area contributed by atoms with Crippen molar-refractivity contribution < 1.29 is 9.90 Å². The van der Waals surface area contributed by atoms with Crippen LogP contribution in [-0.2, 0) is 4.79 Å². The molecule has 0 aliphatic heterocycles. The fourth-order valence-electron chi connectivity index (χ4n) is 1.43. The first kappa shape index (κ1) is 14.3. The van der Waals surface area contributed by atoms with Gasteiger partial charge in [0.05, 0.1) is 21.7 Å². The second-order valence-corrected chi connectivity index (χ2v) is 4.75. The number of carboxylic acids is 1. The van der Waals surface area contributed by atoms with Crippen molar-refractivity contribution in [1.82, 2.24) is 0 Å². The lowest BCUT2D eigenvalue weighted by Gasteiger charge is -2.24. The first-order chi connectivity index (χ1) is 8.44. The number of nitriles is 1. The molecule has 0 aliphatic rings. The van der Waals surface area contributed by atoms with Crippen LogP contribution >= 0.6 is 11.6 Å². The average molecular weight is 267 g/mol. The molecule has 1 aromatic rings. The van der Waals surface area contributed by atoms with Gasteiger partial charge in [0.25, 0.3) is 0 Å². The third kappa shape index (κ3) is 2.93. The molecule has 0 spiro atoms. The Bertz CT molecular complexity index is 496. The largest absolute Gasteiger partial charge is 0.481 e. The van der Waals surface area contributed by atoms with Gasteiger partial charge in [0.15, 0.2) is 0 Å². The minimum absolute atomic E-state index is 0.244. The van der Waals surface area contributed by atoms with Gasteiger partial charge in [-0.3, -0.25) is 4.79 Å². The first-order valence-corrected chi connectivity index (χ1v) is 5.98. The van der Waals surface area contributed by atoms with Crippen molar-refractivity contribution in [3.8, 4) is 6.07 Å². The Labute approximate surface area is 111 Å². The molecule has 0 saturated carbocycles. The average Bonchev–Trinajstić information content (AvgIpc) is 2.35. The minimum atomic E-state index is -0.866. The number of hydrogen-bond donors (Lipinski definition) is 2. The van der Waals surface area contributed by atoms with Gasteiger partial charge in [-0.25, -0.2) is 0 Å². The summed E-state index contributed by atoms with van der Waals surface area (Å²) in [6, 6.07) is 7.06. The monoisotopic (exact) mass is 266 g/mol. The number of benzene rings is 1. The third-order valence-electron chi connectivity index (χ3n) is 3.09. The lowest BCUT2D eigenvalue weighted by molar-refractivity contribution is -0.147. The summed E-state index contributed by atoms with van der Waals surface area (Å²) in [7, 11) is 0. The second kappa shape index (κ2) is 5.74. The van der Waals surface area contributed by atoms with E-state index in [-0.39, 0.29) is 6.54 Å². The molecule has 5 heteroatoms. The zero-order valence-electron chi connectivity index (χ0n) is 10.3. The summed E-state index contributed by atoms with van der Waals surface area (Å²) < 4.78 is 0. The Balaban J connectivity index is 2.91. The summed E-state index contributed by atoms with van der Waals surface area (Å²) in [5, 5.41) is 21.5. The fraction of sp³-hybridized carbons (Fsp3) is 0.385. The summed E-state index contributed by atoms with van der Waals surface area (Å²) in [5.41, 5.74) is 0.0311. The van der Waals surface area contributed by atoms with Crippen molar-refractivity contribution in [3.63, 3.8) is 0 Å². The zero-order chi connectivity index (χ0) is 13.8. The smallest absolute Gasteiger partial charge is 0.311 e. The molecule has 1 unspecified atom stereocenters. The number of carbonyl (C=O) groups is 1. The Morgan fingerprint density at radius 2 is 2.28 bits per heavy atom. The molecule has 0 fully saturated rings. The van der Waals surface area contributed by atoms with Crippen LogP contribution < -0.4 is 5.32 Å². The maximum Gasteiger partial charge on any atom is 0.311 e. The summed E-state index contributed by atoms with van der Waals surface area (Å²) in [5.74, 6) is -0.863. The molecule has 96 valence electrons. The minimum Gasteiger partial charge on any atom is -0.481 e. The molecule has 0 aliphatic carbocycles. The van der Waals surface area contributed by atoms with Gasteiger partial charge in [-0.1, -0.05) is 24.6 Å². The molecule has 18 heavy (non-hydrogen) atoms. The topological polar surface area (TPSA) is 73.1 Å². The van der Waals surface area contributed by atoms with Crippen molar-refractivity contribution in [1.29, 1.82) is 5.26 Å². The van der Waals surface area contributed by atoms with Gasteiger partial charge in [-0.2, -0.15) is 5.26 Å². The Hall–Kier alpha value is -1.73. The van der Waals surface area contributed by atoms with E-state index >= 15 is 0 Å². The normalized spacial score (nSPS) is 13.4. The number of aliphatic carboxylic acids is 1. The van der Waals surface area contributed by atoms with Gasteiger partial charge in [-0.05, 0) is 25.5 Å². The standard InChI is InChI=1S/C13H15ClN2O2/c1-3-13(2,12(17)18)8-16-11-6-4-5-10(14)9(11)7-15/h4-6,16H,3,8H2,1-2H3,(H,17,18). The summed E-state index contributed by atoms with van der Waals surface area (Å²) in [6.07, 6.45) is 0.498. The van der Waals surface area contributed by atoms with Crippen molar-refractivity contribution in [2.45, 2.75) is 20.3 Å². The van der Waals surface area contributed by atoms with E-state index in [1.54, 1.807) is 25.1 Å². The van der Waals surface area contributed by atoms with E-state index in [0.717, 1.165) is 0 Å². The van der Waals surface area contributed by atoms with Gasteiger partial charge in [0.1, 0.15) is 6.07 Å². The SMILES string of the molecule is CCC(C)(CNc1cccc(Cl)c1C#N)C(=O)O. The predicted molar refractivity (Wildman–Crippen MR) is 70.7 cm³/mol. The van der Waals surface area contributed by atoms with Crippen LogP contribution in [0.1, 0.15) is 25.8 Å². The molecule has 0 amide bonds. The van der Waals surface area contributed by atoms with Gasteiger partial charge in [0.2, 0.25) is 0 Å². The number of halogens is 1. The molecule has 2 N–H and O–H groups in total. The fourth-order valence-corrected chi connectivity index (χ4v) is 1.64. The molecule has 0 bridgehead atoms. The van der Waals surface area contributed by atoms with E-state index in [4.69, 9.17) is 22.0 Å². The quantitative estimate of drug-likeness (QED) is 0.859. The summed E-state index contributed by atoms with van der Waals surface area (Å²) in [6.45, 7) is 3.73. The molecule has 1 rings (SSSR count). The van der Waals surface area contributed by atoms with Gasteiger partial charge < -0.3 is 10.4 Å². The molecule has 0 saturated heterocycles. The number of nitrogens with zero attached hydrogens (tertiary/aromatic N) is 1. The molecular weight excluding hydrogens is 252 g/mol. The molecular formula is C13H15ClN2O2. The van der Waals surface area contributed by atoms with Crippen LogP contribution in [0.5, 0.6) is 0 Å². The highest BCUT2D eigenvalue weighted by Crippen LogP contribution is 2.26. The zero-order valence-corrected chi connectivity index (χ0v) is 11.1. The van der Waals surface area contributed by atoms with Crippen LogP contribution in [0.2, 0.25) is 5.02 Å². The van der Waals surface area contributed by atoms with E-state index in [1.165, 1.54) is 0 Å². The van der Waals surface area contributed by atoms with Crippen LogP contribution in [0.3, 0.4) is 0 Å². The molecule has 0 radical (unpaired) electrons. The number of carboxylic acid groups (broad SMARTS) is 1. The summed E-state index contributed by atoms with van der Waals surface area (Å²) in [4.78, 5) is 11.2. The van der Waals surface area contributed by atoms with E-state index < -0.39 is 11.4 Å². The molecule has 0 aromatic heterocycles. The van der Waals surface area contributed by atoms with E-state index in [9.17, 15) is 4.79 Å². The van der Waals surface area contributed by atoms with Gasteiger partial charge in [0, 0.05) is 6.54 Å². The molecule has 0 heterocycles. The van der Waals surface area contributed by atoms with Gasteiger partial charge in [-0.15, -0.1) is 0 Å². The Morgan fingerprint density at radius 1 is 1.61 bits per heavy atom. The van der Waals surface area contributed by atoms with Gasteiger partial charge >= 0.3 is 5.97 Å². The number of anilines is 1. The maximum absolute atomic E-state index is 11.2. The van der Waals surface area contributed by atoms with Crippen LogP contribution in [0.25, 0.3) is 0 Å². The highest BCUT2D eigenvalue weighted by molar-refractivity contribution is 6.32. The predicted octanol–water partition coefficient (Wildman–Crippen LogP) is 3.12. The summed E-state index contributed by atoms with van der Waals surface area (Å²) >= 11 is 5.90. The first-order valence-electron chi connectivity index (χ1n) is 5.60. The van der Waals surface area contributed by atoms with E-state index in [1.807, 2.05) is 13.0 Å². The van der Waals surface area contributed by atoms with Crippen LogP contribution in [0.15, 0.2) is 18.2 Å². The number of rotatable bonds is 5. The molecule has 1 atom stereocenters.